The zero-order valence-corrected chi connectivity index (χ0v) is 17.5. The van der Waals surface area contributed by atoms with E-state index in [-0.39, 0.29) is 24.6 Å². The maximum absolute atomic E-state index is 13.6. The van der Waals surface area contributed by atoms with E-state index in [9.17, 15) is 4.57 Å². The molecule has 2 aromatic rings. The van der Waals surface area contributed by atoms with Gasteiger partial charge >= 0.3 is 7.60 Å². The minimum atomic E-state index is -3.41. The van der Waals surface area contributed by atoms with Gasteiger partial charge in [0.25, 0.3) is 0 Å². The highest BCUT2D eigenvalue weighted by atomic mass is 35.5. The molecule has 0 aliphatic heterocycles. The van der Waals surface area contributed by atoms with E-state index in [4.69, 9.17) is 9.05 Å². The van der Waals surface area contributed by atoms with Crippen LogP contribution >= 0.6 is 20.0 Å². The van der Waals surface area contributed by atoms with E-state index < -0.39 is 13.4 Å². The zero-order valence-electron chi connectivity index (χ0n) is 15.8. The monoisotopic (exact) mass is 397 g/mol. The van der Waals surface area contributed by atoms with Crippen molar-refractivity contribution in [3.63, 3.8) is 0 Å². The molecule has 0 bridgehead atoms. The van der Waals surface area contributed by atoms with Gasteiger partial charge in [0.15, 0.2) is 0 Å². The molecule has 26 heavy (non-hydrogen) atoms. The largest absolute Gasteiger partial charge is 0.352 e. The molecule has 1 atom stereocenters. The number of nitrogens with one attached hydrogen (secondary N) is 1. The summed E-state index contributed by atoms with van der Waals surface area (Å²) in [6.45, 7) is 8.06. The summed E-state index contributed by atoms with van der Waals surface area (Å²) < 4.78 is 25.3. The van der Waals surface area contributed by atoms with Crippen LogP contribution in [-0.4, -0.2) is 12.2 Å². The molecule has 1 unspecified atom stereocenters. The molecular weight excluding hydrogens is 369 g/mol. The summed E-state index contributed by atoms with van der Waals surface area (Å²) in [7, 11) is -3.41. The van der Waals surface area contributed by atoms with Gasteiger partial charge in [-0.15, -0.1) is 12.4 Å². The molecule has 2 rings (SSSR count). The van der Waals surface area contributed by atoms with Gasteiger partial charge in [-0.2, -0.15) is 0 Å². The van der Waals surface area contributed by atoms with E-state index in [0.29, 0.717) is 6.54 Å². The third-order valence-electron chi connectivity index (χ3n) is 3.49. The van der Waals surface area contributed by atoms with Crippen LogP contribution in [0.2, 0.25) is 0 Å². The first kappa shape index (κ1) is 22.9. The Hall–Kier alpha value is -1.16. The average Bonchev–Trinajstić information content (AvgIpc) is 2.55. The van der Waals surface area contributed by atoms with Crippen LogP contribution in [0.1, 0.15) is 44.6 Å². The summed E-state index contributed by atoms with van der Waals surface area (Å²) in [4.78, 5) is 0. The summed E-state index contributed by atoms with van der Waals surface area (Å²) in [5.41, 5.74) is 2.01. The van der Waals surface area contributed by atoms with Gasteiger partial charge < -0.3 is 9.05 Å². The van der Waals surface area contributed by atoms with Gasteiger partial charge in [-0.3, -0.25) is 9.88 Å². The minimum Gasteiger partial charge on any atom is -0.304 e. The molecule has 0 spiro atoms. The van der Waals surface area contributed by atoms with Crippen molar-refractivity contribution in [1.29, 1.82) is 0 Å². The highest BCUT2D eigenvalue weighted by Gasteiger charge is 2.38. The number of halogens is 1. The molecule has 0 fully saturated rings. The molecule has 0 saturated heterocycles. The Labute approximate surface area is 163 Å². The number of benzene rings is 2. The third-order valence-corrected chi connectivity index (χ3v) is 6.03. The summed E-state index contributed by atoms with van der Waals surface area (Å²) in [5, 5.41) is 3.39. The molecule has 4 nitrogen and oxygen atoms in total. The van der Waals surface area contributed by atoms with E-state index in [2.05, 4.69) is 5.32 Å². The van der Waals surface area contributed by atoms with Crippen LogP contribution in [0.3, 0.4) is 0 Å². The van der Waals surface area contributed by atoms with Gasteiger partial charge in [-0.1, -0.05) is 60.7 Å². The van der Waals surface area contributed by atoms with Crippen LogP contribution in [0, 0.1) is 0 Å². The topological polar surface area (TPSA) is 47.6 Å². The van der Waals surface area contributed by atoms with Crippen LogP contribution in [-0.2, 0) is 20.2 Å². The summed E-state index contributed by atoms with van der Waals surface area (Å²) >= 11 is 0. The first-order valence-corrected chi connectivity index (χ1v) is 10.3. The minimum absolute atomic E-state index is 0. The highest BCUT2D eigenvalue weighted by molar-refractivity contribution is 7.54. The lowest BCUT2D eigenvalue weighted by molar-refractivity contribution is 0.133. The maximum atomic E-state index is 13.6. The summed E-state index contributed by atoms with van der Waals surface area (Å²) in [6, 6.07) is 19.7. The first-order chi connectivity index (χ1) is 11.9. The van der Waals surface area contributed by atoms with Gasteiger partial charge in [-0.05, 0) is 38.8 Å². The van der Waals surface area contributed by atoms with E-state index in [1.807, 2.05) is 88.4 Å². The normalized spacial score (nSPS) is 12.8. The number of hydrogen-bond acceptors (Lipinski definition) is 4. The second-order valence-electron chi connectivity index (χ2n) is 6.53. The van der Waals surface area contributed by atoms with Gasteiger partial charge in [0.1, 0.15) is 5.78 Å². The van der Waals surface area contributed by atoms with Crippen LogP contribution in [0.25, 0.3) is 0 Å². The lowest BCUT2D eigenvalue weighted by Gasteiger charge is -2.31. The van der Waals surface area contributed by atoms with E-state index in [0.717, 1.165) is 11.1 Å². The average molecular weight is 398 g/mol. The molecule has 0 aliphatic rings. The number of hydrogen-bond donors (Lipinski definition) is 1. The van der Waals surface area contributed by atoms with Crippen molar-refractivity contribution in [2.24, 2.45) is 0 Å². The van der Waals surface area contributed by atoms with Gasteiger partial charge in [-0.25, -0.2) is 0 Å². The second kappa shape index (κ2) is 10.9. The van der Waals surface area contributed by atoms with Crippen molar-refractivity contribution >= 4 is 20.0 Å². The standard InChI is InChI=1S/C20H28NO3P.ClH/c1-16(2)23-25(22,24-17(3)4)20(19-13-9-6-10-14-19)21-15-18-11-7-5-8-12-18;/h5-14,16-17,20-21H,15H2,1-4H3;1H. The maximum Gasteiger partial charge on any atom is 0.352 e. The van der Waals surface area contributed by atoms with Gasteiger partial charge in [0.05, 0.1) is 12.2 Å². The predicted molar refractivity (Wildman–Crippen MR) is 110 cm³/mol. The van der Waals surface area contributed by atoms with E-state index in [1.165, 1.54) is 0 Å². The smallest absolute Gasteiger partial charge is 0.304 e. The van der Waals surface area contributed by atoms with Crippen molar-refractivity contribution in [3.05, 3.63) is 71.8 Å². The summed E-state index contributed by atoms with van der Waals surface area (Å²) in [6.07, 6.45) is -0.399. The van der Waals surface area contributed by atoms with Crippen molar-refractivity contribution in [2.45, 2.75) is 52.2 Å². The van der Waals surface area contributed by atoms with Crippen molar-refractivity contribution in [1.82, 2.24) is 5.32 Å². The molecule has 0 amide bonds. The Bertz CT molecular complexity index is 666. The van der Waals surface area contributed by atoms with Crippen molar-refractivity contribution in [3.8, 4) is 0 Å². The van der Waals surface area contributed by atoms with E-state index in [1.54, 1.807) is 0 Å². The molecule has 0 saturated carbocycles. The fraction of sp³-hybridized carbons (Fsp3) is 0.400. The van der Waals surface area contributed by atoms with Gasteiger partial charge in [0, 0.05) is 6.54 Å². The second-order valence-corrected chi connectivity index (χ2v) is 8.55. The van der Waals surface area contributed by atoms with Gasteiger partial charge in [0.2, 0.25) is 0 Å². The molecule has 1 N–H and O–H groups in total. The highest BCUT2D eigenvalue weighted by Crippen LogP contribution is 2.61. The van der Waals surface area contributed by atoms with Crippen LogP contribution in [0.15, 0.2) is 60.7 Å². The predicted octanol–water partition coefficient (Wildman–Crippen LogP) is 5.94. The Morgan fingerprint density at radius 3 is 1.77 bits per heavy atom. The quantitative estimate of drug-likeness (QED) is 0.532. The SMILES string of the molecule is CC(C)OP(=O)(OC(C)C)C(NCc1ccccc1)c1ccccc1.Cl. The number of rotatable bonds is 9. The molecule has 0 heterocycles. The van der Waals surface area contributed by atoms with E-state index >= 15 is 0 Å². The Kier molecular flexibility index (Phi) is 9.56. The third kappa shape index (κ3) is 6.86. The molecule has 144 valence electrons. The van der Waals surface area contributed by atoms with Crippen LogP contribution in [0.4, 0.5) is 0 Å². The molecule has 6 heteroatoms. The summed E-state index contributed by atoms with van der Waals surface area (Å²) in [5.74, 6) is -0.529. The zero-order chi connectivity index (χ0) is 18.3. The lowest BCUT2D eigenvalue weighted by Crippen LogP contribution is -2.25. The lowest BCUT2D eigenvalue weighted by atomic mass is 10.2. The molecule has 0 radical (unpaired) electrons. The molecule has 0 aliphatic carbocycles. The first-order valence-electron chi connectivity index (χ1n) is 8.69. The van der Waals surface area contributed by atoms with Crippen LogP contribution < -0.4 is 5.32 Å². The van der Waals surface area contributed by atoms with Crippen LogP contribution in [0.5, 0.6) is 0 Å². The fourth-order valence-corrected chi connectivity index (χ4v) is 4.91. The Balaban J connectivity index is 0.00000338. The Morgan fingerprint density at radius 2 is 1.31 bits per heavy atom. The van der Waals surface area contributed by atoms with Crippen molar-refractivity contribution in [2.75, 3.05) is 0 Å². The van der Waals surface area contributed by atoms with Crippen molar-refractivity contribution < 1.29 is 13.6 Å². The molecule has 0 aromatic heterocycles. The molecular formula is C20H29ClNO3P. The molecule has 2 aromatic carbocycles. The Morgan fingerprint density at radius 1 is 0.846 bits per heavy atom. The fourth-order valence-electron chi connectivity index (χ4n) is 2.59.